The minimum Gasteiger partial charge on any atom is -0.352 e. The van der Waals surface area contributed by atoms with E-state index in [-0.39, 0.29) is 24.4 Å². The van der Waals surface area contributed by atoms with Gasteiger partial charge in [0.1, 0.15) is 0 Å². The summed E-state index contributed by atoms with van der Waals surface area (Å²) in [4.78, 5) is 29.8. The molecule has 3 N–H and O–H groups in total. The molecule has 1 atom stereocenters. The number of benzene rings is 1. The normalized spacial score (nSPS) is 13.3. The Hall–Kier alpha value is -1.16. The highest BCUT2D eigenvalue weighted by atomic mass is 31.2. The molecule has 1 amide bonds. The number of hydrogen-bond acceptors (Lipinski definition) is 2. The van der Waals surface area contributed by atoms with E-state index >= 15 is 0 Å². The minimum atomic E-state index is -4.13. The van der Waals surface area contributed by atoms with Crippen molar-refractivity contribution < 1.29 is 19.1 Å². The van der Waals surface area contributed by atoms with Gasteiger partial charge in [-0.1, -0.05) is 44.2 Å². The van der Waals surface area contributed by atoms with E-state index in [1.807, 2.05) is 44.2 Å². The monoisotopic (exact) mass is 285 g/mol. The molecule has 1 rings (SSSR count). The van der Waals surface area contributed by atoms with Crippen molar-refractivity contribution in [3.05, 3.63) is 35.9 Å². The first-order valence-electron chi connectivity index (χ1n) is 6.16. The second kappa shape index (κ2) is 6.85. The van der Waals surface area contributed by atoms with Crippen LogP contribution in [0.5, 0.6) is 0 Å². The number of rotatable bonds is 6. The molecule has 1 aromatic carbocycles. The summed E-state index contributed by atoms with van der Waals surface area (Å²) in [6.45, 7) is 3.65. The Morgan fingerprint density at radius 2 is 1.84 bits per heavy atom. The Morgan fingerprint density at radius 3 is 2.32 bits per heavy atom. The number of carbonyl (C=O) groups excluding carboxylic acids is 1. The van der Waals surface area contributed by atoms with Crippen LogP contribution >= 0.6 is 7.60 Å². The van der Waals surface area contributed by atoms with Crippen LogP contribution in [0.25, 0.3) is 0 Å². The van der Waals surface area contributed by atoms with Crippen LogP contribution in [0.1, 0.15) is 19.4 Å². The van der Waals surface area contributed by atoms with Gasteiger partial charge in [-0.05, 0) is 11.5 Å². The Morgan fingerprint density at radius 1 is 1.26 bits per heavy atom. The summed E-state index contributed by atoms with van der Waals surface area (Å²) in [5, 5.41) is 2.69. The number of carbonyl (C=O) groups is 1. The summed E-state index contributed by atoms with van der Waals surface area (Å²) in [6.07, 6.45) is -0.115. The molecule has 5 nitrogen and oxygen atoms in total. The lowest BCUT2D eigenvalue weighted by atomic mass is 10.1. The lowest BCUT2D eigenvalue weighted by Gasteiger charge is -2.22. The van der Waals surface area contributed by atoms with Crippen LogP contribution in [0, 0.1) is 5.92 Å². The molecule has 0 heterocycles. The molecule has 0 spiro atoms. The molecule has 0 aliphatic carbocycles. The third-order valence-corrected chi connectivity index (χ3v) is 3.66. The fraction of sp³-hybridized carbons (Fsp3) is 0.462. The fourth-order valence-electron chi connectivity index (χ4n) is 1.72. The zero-order chi connectivity index (χ0) is 14.5. The molecule has 0 unspecified atom stereocenters. The highest BCUT2D eigenvalue weighted by Crippen LogP contribution is 2.36. The summed E-state index contributed by atoms with van der Waals surface area (Å²) < 4.78 is 11.0. The number of hydrogen-bond donors (Lipinski definition) is 3. The van der Waals surface area contributed by atoms with Crippen molar-refractivity contribution in [2.75, 3.05) is 6.16 Å². The van der Waals surface area contributed by atoms with Crippen molar-refractivity contribution in [2.45, 2.75) is 26.3 Å². The molecule has 106 valence electrons. The van der Waals surface area contributed by atoms with Crippen LogP contribution < -0.4 is 5.32 Å². The van der Waals surface area contributed by atoms with Crippen LogP contribution in [-0.4, -0.2) is 27.9 Å². The first kappa shape index (κ1) is 15.9. The van der Waals surface area contributed by atoms with Gasteiger partial charge in [0.25, 0.3) is 0 Å². The Balaban J connectivity index is 2.60. The highest BCUT2D eigenvalue weighted by Gasteiger charge is 2.25. The zero-order valence-corrected chi connectivity index (χ0v) is 12.0. The number of nitrogens with one attached hydrogen (secondary N) is 1. The topological polar surface area (TPSA) is 86.6 Å². The first-order valence-corrected chi connectivity index (χ1v) is 7.95. The molecule has 0 bridgehead atoms. The van der Waals surface area contributed by atoms with Crippen molar-refractivity contribution in [3.8, 4) is 0 Å². The summed E-state index contributed by atoms with van der Waals surface area (Å²) in [5.74, 6) is -0.259. The van der Waals surface area contributed by atoms with Gasteiger partial charge < -0.3 is 15.1 Å². The standard InChI is InChI=1S/C13H20NO4P/c1-10(2)12(9-19(16,17)18)14-13(15)8-11-6-4-3-5-7-11/h3-7,10,12H,8-9H2,1-2H3,(H,14,15)(H2,16,17,18)/t12-/m0/s1. The Labute approximate surface area is 113 Å². The minimum absolute atomic E-state index is 0.0349. The molecule has 0 saturated carbocycles. The highest BCUT2D eigenvalue weighted by molar-refractivity contribution is 7.51. The van der Waals surface area contributed by atoms with Crippen molar-refractivity contribution in [1.29, 1.82) is 0 Å². The Bertz CT molecular complexity index is 455. The molecule has 0 saturated heterocycles. The molecule has 6 heteroatoms. The third kappa shape index (κ3) is 6.53. The quantitative estimate of drug-likeness (QED) is 0.692. The molecule has 0 aliphatic rings. The van der Waals surface area contributed by atoms with E-state index in [9.17, 15) is 9.36 Å². The zero-order valence-electron chi connectivity index (χ0n) is 11.1. The van der Waals surface area contributed by atoms with Gasteiger partial charge in [0, 0.05) is 6.04 Å². The summed E-state index contributed by atoms with van der Waals surface area (Å²) in [7, 11) is -4.13. The molecular formula is C13H20NO4P. The van der Waals surface area contributed by atoms with E-state index in [0.717, 1.165) is 5.56 Å². The van der Waals surface area contributed by atoms with Crippen LogP contribution in [-0.2, 0) is 15.8 Å². The first-order chi connectivity index (χ1) is 8.78. The maximum Gasteiger partial charge on any atom is 0.327 e. The molecule has 19 heavy (non-hydrogen) atoms. The van der Waals surface area contributed by atoms with E-state index < -0.39 is 13.6 Å². The van der Waals surface area contributed by atoms with Crippen LogP contribution in [0.2, 0.25) is 0 Å². The van der Waals surface area contributed by atoms with Crippen LogP contribution in [0.3, 0.4) is 0 Å². The van der Waals surface area contributed by atoms with Crippen LogP contribution in [0.15, 0.2) is 30.3 Å². The van der Waals surface area contributed by atoms with E-state index in [0.29, 0.717) is 0 Å². The molecule has 0 aromatic heterocycles. The molecule has 1 aromatic rings. The average Bonchev–Trinajstić information content (AvgIpc) is 2.27. The molecule has 0 radical (unpaired) electrons. The van der Waals surface area contributed by atoms with E-state index in [4.69, 9.17) is 9.79 Å². The molecule has 0 fully saturated rings. The third-order valence-electron chi connectivity index (χ3n) is 2.79. The van der Waals surface area contributed by atoms with Crippen molar-refractivity contribution in [3.63, 3.8) is 0 Å². The molecular weight excluding hydrogens is 265 g/mol. The van der Waals surface area contributed by atoms with E-state index in [1.54, 1.807) is 0 Å². The Kier molecular flexibility index (Phi) is 5.73. The number of amides is 1. The van der Waals surface area contributed by atoms with Gasteiger partial charge in [-0.15, -0.1) is 0 Å². The SMILES string of the molecule is CC(C)[C@H](CP(=O)(O)O)NC(=O)Cc1ccccc1. The predicted molar refractivity (Wildman–Crippen MR) is 73.8 cm³/mol. The van der Waals surface area contributed by atoms with Gasteiger partial charge in [0.05, 0.1) is 12.6 Å². The summed E-state index contributed by atoms with van der Waals surface area (Å²) >= 11 is 0. The summed E-state index contributed by atoms with van der Waals surface area (Å²) in [6, 6.07) is 8.72. The van der Waals surface area contributed by atoms with Gasteiger partial charge in [0.15, 0.2) is 0 Å². The van der Waals surface area contributed by atoms with Gasteiger partial charge in [-0.25, -0.2) is 0 Å². The second-order valence-electron chi connectivity index (χ2n) is 4.93. The lowest BCUT2D eigenvalue weighted by Crippen LogP contribution is -2.41. The average molecular weight is 285 g/mol. The van der Waals surface area contributed by atoms with Gasteiger partial charge in [0.2, 0.25) is 5.91 Å². The van der Waals surface area contributed by atoms with Gasteiger partial charge in [-0.3, -0.25) is 9.36 Å². The lowest BCUT2D eigenvalue weighted by molar-refractivity contribution is -0.121. The van der Waals surface area contributed by atoms with Crippen molar-refractivity contribution in [2.24, 2.45) is 5.92 Å². The fourth-order valence-corrected chi connectivity index (χ4v) is 2.74. The van der Waals surface area contributed by atoms with Crippen molar-refractivity contribution in [1.82, 2.24) is 5.32 Å². The van der Waals surface area contributed by atoms with Crippen molar-refractivity contribution >= 4 is 13.5 Å². The van der Waals surface area contributed by atoms with Gasteiger partial charge >= 0.3 is 7.60 Å². The smallest absolute Gasteiger partial charge is 0.327 e. The maximum absolute atomic E-state index is 11.8. The predicted octanol–water partition coefficient (Wildman–Crippen LogP) is 1.55. The second-order valence-corrected chi connectivity index (χ2v) is 6.62. The van der Waals surface area contributed by atoms with E-state index in [1.165, 1.54) is 0 Å². The molecule has 0 aliphatic heterocycles. The maximum atomic E-state index is 11.8. The van der Waals surface area contributed by atoms with Crippen LogP contribution in [0.4, 0.5) is 0 Å². The summed E-state index contributed by atoms with van der Waals surface area (Å²) in [5.41, 5.74) is 0.874. The largest absolute Gasteiger partial charge is 0.352 e. The van der Waals surface area contributed by atoms with Gasteiger partial charge in [-0.2, -0.15) is 0 Å². The van der Waals surface area contributed by atoms with E-state index in [2.05, 4.69) is 5.32 Å².